The normalized spacial score (nSPS) is 19.9. The van der Waals surface area contributed by atoms with Gasteiger partial charge in [0.25, 0.3) is 23.0 Å². The smallest absolute Gasteiger partial charge is 0.420 e. The third-order valence-electron chi connectivity index (χ3n) is 6.74. The molecular formula is C14H51O16Si17. The summed E-state index contributed by atoms with van der Waals surface area (Å²) in [6.45, 7) is 7.04. The lowest BCUT2D eigenvalue weighted by Gasteiger charge is -2.64. The third kappa shape index (κ3) is 10.6. The van der Waals surface area contributed by atoms with E-state index in [2.05, 4.69) is 9.76 Å². The highest BCUT2D eigenvalue weighted by Crippen LogP contribution is 2.47. The molecule has 47 heavy (non-hydrogen) atoms. The van der Waals surface area contributed by atoms with Gasteiger partial charge in [-0.15, -0.1) is 0 Å². The Balaban J connectivity index is 9.63. The summed E-state index contributed by atoms with van der Waals surface area (Å²) < 4.78 is 46.4. The van der Waals surface area contributed by atoms with Crippen LogP contribution in [0, 0.1) is 0 Å². The van der Waals surface area contributed by atoms with E-state index in [0.717, 1.165) is 0 Å². The lowest BCUT2D eigenvalue weighted by molar-refractivity contribution is 0.301. The Morgan fingerprint density at radius 2 is 0.979 bits per heavy atom. The van der Waals surface area contributed by atoms with Crippen LogP contribution in [0.1, 0.15) is 0 Å². The van der Waals surface area contributed by atoms with Crippen LogP contribution in [0.4, 0.5) is 0 Å². The second-order valence-corrected chi connectivity index (χ2v) is 103. The van der Waals surface area contributed by atoms with E-state index >= 15 is 0 Å². The summed E-state index contributed by atoms with van der Waals surface area (Å²) in [5.41, 5.74) is 0. The lowest BCUT2D eigenvalue weighted by Crippen LogP contribution is -3.05. The predicted molar refractivity (Wildman–Crippen MR) is 208 cm³/mol. The van der Waals surface area contributed by atoms with Crippen LogP contribution in [0.25, 0.3) is 0 Å². The van der Waals surface area contributed by atoms with E-state index in [1.807, 2.05) is 19.6 Å². The molecule has 0 saturated heterocycles. The molecule has 0 rings (SSSR count). The first-order chi connectivity index (χ1) is 20.7. The largest absolute Gasteiger partial charge is 0.437 e. The van der Waals surface area contributed by atoms with Crippen molar-refractivity contribution in [2.24, 2.45) is 0 Å². The highest BCUT2D eigenvalue weighted by atomic mass is 30.3. The number of rotatable bonds is 22. The minimum absolute atomic E-state index is 1.27. The van der Waals surface area contributed by atoms with Crippen molar-refractivity contribution in [3.05, 3.63) is 0 Å². The molecule has 0 amide bonds. The van der Waals surface area contributed by atoms with Gasteiger partial charge >= 0.3 is 52.3 Å². The number of hydrogen-bond donors (Lipinski definition) is 9. The Labute approximate surface area is 304 Å². The molecule has 0 aromatic carbocycles. The summed E-state index contributed by atoms with van der Waals surface area (Å²) in [4.78, 5) is 103. The van der Waals surface area contributed by atoms with E-state index in [1.54, 1.807) is 26.2 Å². The molecule has 0 aliphatic rings. The summed E-state index contributed by atoms with van der Waals surface area (Å²) in [6.07, 6.45) is 0. The fourth-order valence-electron chi connectivity index (χ4n) is 5.26. The molecule has 9 N–H and O–H groups in total. The fraction of sp³-hybridized carbons (Fsp3) is 1.00. The minimum Gasteiger partial charge on any atom is -0.437 e. The topological polar surface area (TPSA) is 247 Å². The molecule has 4 atom stereocenters. The molecule has 0 aliphatic heterocycles. The molecule has 0 aromatic heterocycles. The van der Waals surface area contributed by atoms with Crippen molar-refractivity contribution in [2.75, 3.05) is 7.11 Å². The van der Waals surface area contributed by atoms with Crippen molar-refractivity contribution in [2.45, 2.75) is 85.1 Å². The third-order valence-corrected chi connectivity index (χ3v) is 155. The quantitative estimate of drug-likeness (QED) is 0.0467. The van der Waals surface area contributed by atoms with Crippen molar-refractivity contribution < 1.29 is 72.3 Å². The molecule has 13 radical (unpaired) electrons. The fourth-order valence-corrected chi connectivity index (χ4v) is 240. The van der Waals surface area contributed by atoms with Crippen LogP contribution >= 0.6 is 0 Å². The summed E-state index contributed by atoms with van der Waals surface area (Å²) in [5.74, 6) is 0. The maximum Gasteiger partial charge on any atom is 0.420 e. The number of hydrogen-bond acceptors (Lipinski definition) is 16. The van der Waals surface area contributed by atoms with Crippen LogP contribution < -0.4 is 0 Å². The Morgan fingerprint density at radius 3 is 1.23 bits per heavy atom. The van der Waals surface area contributed by atoms with E-state index in [1.165, 1.54) is 46.4 Å². The Morgan fingerprint density at radius 1 is 0.532 bits per heavy atom. The predicted octanol–water partition coefficient (Wildman–Crippen LogP) is -4.21. The van der Waals surface area contributed by atoms with E-state index < -0.39 is 133 Å². The standard InChI is InChI=1S/C14H51O16Si17/c1-24-45(31,40(9,10)22)47(26-33-16,41(11,12)23)44(29-42(13,14)27-37(2,3)4,46(35-18,36-19)28-38(5,6)20)30-43(34-17,25-32-15)39(7,8)21/h15-23H,1-14H3. The maximum absolute atomic E-state index is 12.7. The SMILES string of the molecule is CO[Si]([Si])([Si](C)(C)O)[Si](O[Si]O)([Si](C)(C)O)[Si](O[Si](C)(C)O[Si](C)(C)C)(O[Si](O[Si]O)([Si]O)[Si](C)(C)O)[Si](O[Si](C)(C)O)([Si]O)[Si]O. The zero-order chi connectivity index (χ0) is 38.0. The first-order valence-electron chi connectivity index (χ1n) is 14.1. The Kier molecular flexibility index (Phi) is 18.4. The average Bonchev–Trinajstić information content (AvgIpc) is 2.84. The second-order valence-electron chi connectivity index (χ2n) is 14.2. The van der Waals surface area contributed by atoms with Crippen molar-refractivity contribution in [1.82, 2.24) is 0 Å². The molecule has 0 aliphatic carbocycles. The highest BCUT2D eigenvalue weighted by molar-refractivity contribution is 8.10. The van der Waals surface area contributed by atoms with Gasteiger partial charge in [-0.05, 0) is 85.1 Å². The zero-order valence-corrected chi connectivity index (χ0v) is 46.4. The van der Waals surface area contributed by atoms with Crippen molar-refractivity contribution >= 4 is 142 Å². The molecule has 16 nitrogen and oxygen atoms in total. The molecular weight excluding hydrogens is 902 g/mol. The van der Waals surface area contributed by atoms with Gasteiger partial charge < -0.3 is 72.3 Å². The summed E-state index contributed by atoms with van der Waals surface area (Å²) >= 11 is 0. The average molecular weight is 953 g/mol. The van der Waals surface area contributed by atoms with Crippen LogP contribution in [0.15, 0.2) is 0 Å². The summed E-state index contributed by atoms with van der Waals surface area (Å²) in [7, 11) is -33.0. The lowest BCUT2D eigenvalue weighted by atomic mass is 11.8. The Hall–Kier alpha value is 3.05. The molecule has 0 bridgehead atoms. The van der Waals surface area contributed by atoms with E-state index in [4.69, 9.17) is 29.1 Å². The van der Waals surface area contributed by atoms with E-state index in [-0.39, 0.29) is 0 Å². The molecule has 271 valence electrons. The molecule has 0 spiro atoms. The van der Waals surface area contributed by atoms with Gasteiger partial charge in [0, 0.05) is 16.9 Å². The molecule has 4 unspecified atom stereocenters. The molecule has 0 heterocycles. The molecule has 0 saturated carbocycles. The van der Waals surface area contributed by atoms with Crippen molar-refractivity contribution in [3.8, 4) is 0 Å². The van der Waals surface area contributed by atoms with Gasteiger partial charge in [-0.1, -0.05) is 0 Å². The van der Waals surface area contributed by atoms with Gasteiger partial charge in [0.05, 0.1) is 0 Å². The summed E-state index contributed by atoms with van der Waals surface area (Å²) in [6, 6.07) is 0. The zero-order valence-electron chi connectivity index (χ0n) is 29.4. The second kappa shape index (κ2) is 17.2. The van der Waals surface area contributed by atoms with E-state index in [9.17, 15) is 43.2 Å². The van der Waals surface area contributed by atoms with Gasteiger partial charge in [-0.3, -0.25) is 0 Å². The van der Waals surface area contributed by atoms with Gasteiger partial charge in [0.15, 0.2) is 16.2 Å². The van der Waals surface area contributed by atoms with Crippen LogP contribution in [-0.2, 0) is 29.1 Å². The first kappa shape index (κ1) is 50.0. The molecule has 0 aromatic rings. The highest BCUT2D eigenvalue weighted by Gasteiger charge is 2.90. The van der Waals surface area contributed by atoms with Crippen LogP contribution in [0.3, 0.4) is 0 Å². The minimum atomic E-state index is -5.26. The first-order valence-corrected chi connectivity index (χ1v) is 56.4. The maximum atomic E-state index is 12.7. The van der Waals surface area contributed by atoms with E-state index in [0.29, 0.717) is 0 Å². The van der Waals surface area contributed by atoms with Crippen LogP contribution in [0.5, 0.6) is 0 Å². The van der Waals surface area contributed by atoms with Crippen LogP contribution in [-0.4, -0.2) is 193 Å². The van der Waals surface area contributed by atoms with Gasteiger partial charge in [-0.2, -0.15) is 0 Å². The van der Waals surface area contributed by atoms with Crippen molar-refractivity contribution in [3.63, 3.8) is 0 Å². The summed E-state index contributed by atoms with van der Waals surface area (Å²) in [5, 5.41) is 0. The van der Waals surface area contributed by atoms with Gasteiger partial charge in [0.1, 0.15) is 0 Å². The molecule has 0 fully saturated rings. The van der Waals surface area contributed by atoms with Crippen LogP contribution in [0.2, 0.25) is 85.1 Å². The van der Waals surface area contributed by atoms with Gasteiger partial charge in [-0.25, -0.2) is 0 Å². The van der Waals surface area contributed by atoms with Gasteiger partial charge in [0.2, 0.25) is 41.1 Å². The Bertz CT molecular complexity index is 997. The monoisotopic (exact) mass is 951 g/mol. The molecule has 33 heteroatoms. The van der Waals surface area contributed by atoms with Crippen molar-refractivity contribution in [1.29, 1.82) is 0 Å².